The van der Waals surface area contributed by atoms with Crippen LogP contribution in [0, 0.1) is 0 Å². The van der Waals surface area contributed by atoms with Gasteiger partial charge in [0.15, 0.2) is 0 Å². The highest BCUT2D eigenvalue weighted by molar-refractivity contribution is 5.94. The van der Waals surface area contributed by atoms with Gasteiger partial charge >= 0.3 is 21.2 Å². The summed E-state index contributed by atoms with van der Waals surface area (Å²) in [5, 5.41) is 0. The lowest BCUT2D eigenvalue weighted by atomic mass is 10.2. The SMILES string of the molecule is COC(=O)CCCCC(=O)OC.O=[Si]=O. The standard InChI is InChI=1S/C8H14O4.O2Si/c1-11-7(9)5-3-4-6-8(10)12-2;1-3-2/h3-6H2,1-2H3;. The van der Waals surface area contributed by atoms with Crippen LogP contribution >= 0.6 is 0 Å². The fourth-order valence-electron chi connectivity index (χ4n) is 0.743. The lowest BCUT2D eigenvalue weighted by Gasteiger charge is -1.98. The fourth-order valence-corrected chi connectivity index (χ4v) is 0.743. The molecule has 0 fully saturated rings. The molecule has 0 atom stereocenters. The molecular weight excluding hydrogens is 220 g/mol. The number of esters is 2. The number of carbonyl (C=O) groups excluding carboxylic acids is 2. The summed E-state index contributed by atoms with van der Waals surface area (Å²) in [6.07, 6.45) is 2.07. The van der Waals surface area contributed by atoms with Crippen molar-refractivity contribution < 1.29 is 28.0 Å². The number of carbonyl (C=O) groups is 2. The molecule has 0 unspecified atom stereocenters. The highest BCUT2D eigenvalue weighted by Gasteiger charge is 2.02. The van der Waals surface area contributed by atoms with E-state index in [-0.39, 0.29) is 11.9 Å². The third-order valence-electron chi connectivity index (χ3n) is 1.47. The normalized spacial score (nSPS) is 7.87. The van der Waals surface area contributed by atoms with Crippen LogP contribution < -0.4 is 0 Å². The molecule has 0 N–H and O–H groups in total. The number of unbranched alkanes of at least 4 members (excludes halogenated alkanes) is 1. The molecule has 0 radical (unpaired) electrons. The van der Waals surface area contributed by atoms with Crippen molar-refractivity contribution in [3.63, 3.8) is 0 Å². The van der Waals surface area contributed by atoms with Gasteiger partial charge in [0, 0.05) is 12.8 Å². The van der Waals surface area contributed by atoms with Gasteiger partial charge in [0.1, 0.15) is 0 Å². The quantitative estimate of drug-likeness (QED) is 0.385. The van der Waals surface area contributed by atoms with Crippen LogP contribution in [0.5, 0.6) is 0 Å². The van der Waals surface area contributed by atoms with Crippen LogP contribution in [0.25, 0.3) is 0 Å². The first-order chi connectivity index (χ1) is 7.12. The molecule has 0 aromatic rings. The van der Waals surface area contributed by atoms with Crippen molar-refractivity contribution in [3.05, 3.63) is 0 Å². The zero-order valence-electron chi connectivity index (χ0n) is 8.78. The van der Waals surface area contributed by atoms with E-state index in [4.69, 9.17) is 8.92 Å². The summed E-state index contributed by atoms with van der Waals surface area (Å²) in [6, 6.07) is 0. The van der Waals surface area contributed by atoms with Crippen LogP contribution in [-0.4, -0.2) is 35.5 Å². The van der Waals surface area contributed by atoms with Gasteiger partial charge in [-0.15, -0.1) is 0 Å². The van der Waals surface area contributed by atoms with Crippen molar-refractivity contribution in [2.75, 3.05) is 14.2 Å². The lowest BCUT2D eigenvalue weighted by molar-refractivity contribution is -0.142. The molecule has 0 aromatic carbocycles. The van der Waals surface area contributed by atoms with Crippen molar-refractivity contribution in [3.8, 4) is 0 Å². The Kier molecular flexibility index (Phi) is 13.8. The van der Waals surface area contributed by atoms with Gasteiger partial charge in [-0.2, -0.15) is 0 Å². The van der Waals surface area contributed by atoms with Gasteiger partial charge in [0.05, 0.1) is 14.2 Å². The minimum atomic E-state index is -1.42. The molecule has 15 heavy (non-hydrogen) atoms. The number of rotatable bonds is 5. The zero-order valence-corrected chi connectivity index (χ0v) is 9.78. The van der Waals surface area contributed by atoms with Gasteiger partial charge in [0.25, 0.3) is 0 Å². The molecule has 0 saturated heterocycles. The molecule has 0 spiro atoms. The number of methoxy groups -OCH3 is 2. The van der Waals surface area contributed by atoms with Crippen molar-refractivity contribution in [1.82, 2.24) is 0 Å². The third-order valence-corrected chi connectivity index (χ3v) is 1.47. The number of hydrogen-bond acceptors (Lipinski definition) is 6. The average molecular weight is 234 g/mol. The minimum absolute atomic E-state index is 0.236. The molecule has 6 nitrogen and oxygen atoms in total. The lowest BCUT2D eigenvalue weighted by Crippen LogP contribution is -2.02. The summed E-state index contributed by atoms with van der Waals surface area (Å²) in [5.41, 5.74) is 0. The number of hydrogen-bond donors (Lipinski definition) is 0. The Bertz CT molecular complexity index is 203. The van der Waals surface area contributed by atoms with E-state index in [9.17, 15) is 9.59 Å². The third kappa shape index (κ3) is 15.5. The molecule has 7 heteroatoms. The summed E-state index contributed by atoms with van der Waals surface area (Å²) in [5.74, 6) is -0.472. The van der Waals surface area contributed by atoms with Gasteiger partial charge in [0.2, 0.25) is 0 Å². The molecule has 0 aliphatic rings. The van der Waals surface area contributed by atoms with E-state index in [1.807, 2.05) is 0 Å². The molecule has 0 aliphatic heterocycles. The molecule has 0 amide bonds. The maximum Gasteiger partial charge on any atom is 0.549 e. The Hall–Kier alpha value is -1.24. The molecule has 0 heterocycles. The first-order valence-electron chi connectivity index (χ1n) is 4.25. The second kappa shape index (κ2) is 12.8. The summed E-state index contributed by atoms with van der Waals surface area (Å²) >= 11 is 0. The molecule has 0 aliphatic carbocycles. The zero-order chi connectivity index (χ0) is 12.1. The molecule has 0 aromatic heterocycles. The van der Waals surface area contributed by atoms with Crippen LogP contribution in [0.4, 0.5) is 0 Å². The highest BCUT2D eigenvalue weighted by atomic mass is 28.2. The second-order valence-corrected chi connectivity index (χ2v) is 2.61. The first kappa shape index (κ1) is 16.2. The van der Waals surface area contributed by atoms with E-state index < -0.39 is 9.29 Å². The van der Waals surface area contributed by atoms with E-state index in [1.165, 1.54) is 14.2 Å². The molecular formula is C8H14O6Si. The fraction of sp³-hybridized carbons (Fsp3) is 0.750. The summed E-state index contributed by atoms with van der Waals surface area (Å²) < 4.78 is 25.7. The maximum atomic E-state index is 10.6. The topological polar surface area (TPSA) is 86.7 Å². The monoisotopic (exact) mass is 234 g/mol. The van der Waals surface area contributed by atoms with Gasteiger partial charge in [-0.05, 0) is 12.8 Å². The summed E-state index contributed by atoms with van der Waals surface area (Å²) in [7, 11) is 1.28. The van der Waals surface area contributed by atoms with Crippen LogP contribution in [0.15, 0.2) is 0 Å². The van der Waals surface area contributed by atoms with Gasteiger partial charge in [-0.25, -0.2) is 0 Å². The molecule has 86 valence electrons. The van der Waals surface area contributed by atoms with Crippen LogP contribution in [0.3, 0.4) is 0 Å². The second-order valence-electron chi connectivity index (χ2n) is 2.44. The first-order valence-corrected chi connectivity index (χ1v) is 5.06. The minimum Gasteiger partial charge on any atom is -0.469 e. The van der Waals surface area contributed by atoms with E-state index in [0.29, 0.717) is 25.7 Å². The molecule has 0 bridgehead atoms. The van der Waals surface area contributed by atoms with Crippen LogP contribution in [0.2, 0.25) is 0 Å². The Morgan fingerprint density at radius 2 is 1.20 bits per heavy atom. The molecule has 0 saturated carbocycles. The smallest absolute Gasteiger partial charge is 0.469 e. The Balaban J connectivity index is 0. The predicted octanol–water partition coefficient (Wildman–Crippen LogP) is 0.274. The van der Waals surface area contributed by atoms with Crippen molar-refractivity contribution in [1.29, 1.82) is 0 Å². The largest absolute Gasteiger partial charge is 0.549 e. The Morgan fingerprint density at radius 1 is 0.933 bits per heavy atom. The van der Waals surface area contributed by atoms with E-state index >= 15 is 0 Å². The van der Waals surface area contributed by atoms with Crippen LogP contribution in [-0.2, 0) is 28.0 Å². The van der Waals surface area contributed by atoms with Crippen LogP contribution in [0.1, 0.15) is 25.7 Å². The summed E-state index contributed by atoms with van der Waals surface area (Å²) in [6.45, 7) is 0. The van der Waals surface area contributed by atoms with E-state index in [1.54, 1.807) is 0 Å². The van der Waals surface area contributed by atoms with Crippen molar-refractivity contribution in [2.24, 2.45) is 0 Å². The Morgan fingerprint density at radius 3 is 1.40 bits per heavy atom. The van der Waals surface area contributed by atoms with E-state index in [0.717, 1.165) is 0 Å². The maximum absolute atomic E-state index is 10.6. The van der Waals surface area contributed by atoms with Gasteiger partial charge in [-0.1, -0.05) is 0 Å². The van der Waals surface area contributed by atoms with Crippen molar-refractivity contribution >= 4 is 21.2 Å². The number of ether oxygens (including phenoxy) is 2. The highest BCUT2D eigenvalue weighted by Crippen LogP contribution is 2.01. The van der Waals surface area contributed by atoms with Crippen molar-refractivity contribution in [2.45, 2.75) is 25.7 Å². The van der Waals surface area contributed by atoms with Gasteiger partial charge < -0.3 is 9.47 Å². The van der Waals surface area contributed by atoms with E-state index in [2.05, 4.69) is 9.47 Å². The average Bonchev–Trinajstić information content (AvgIpc) is 2.24. The summed E-state index contributed by atoms with van der Waals surface area (Å²) in [4.78, 5) is 21.2. The van der Waals surface area contributed by atoms with Gasteiger partial charge in [-0.3, -0.25) is 18.5 Å². The predicted molar refractivity (Wildman–Crippen MR) is 49.6 cm³/mol. The Labute approximate surface area is 89.9 Å². The molecule has 0 rings (SSSR count).